The number of anilines is 4. The Morgan fingerprint density at radius 2 is 1.89 bits per heavy atom. The van der Waals surface area contributed by atoms with E-state index in [4.69, 9.17) is 4.74 Å². The molecule has 11 heteroatoms. The first-order valence-corrected chi connectivity index (χ1v) is 11.7. The Bertz CT molecular complexity index is 1300. The molecule has 0 saturated carbocycles. The van der Waals surface area contributed by atoms with Crippen LogP contribution >= 0.6 is 0 Å². The largest absolute Gasteiger partial charge is 0.495 e. The normalized spacial score (nSPS) is 15.1. The molecular weight excluding hydrogens is 462 g/mol. The van der Waals surface area contributed by atoms with Crippen molar-refractivity contribution in [3.05, 3.63) is 59.8 Å². The number of aromatic amines is 1. The van der Waals surface area contributed by atoms with Gasteiger partial charge in [-0.1, -0.05) is 12.1 Å². The molecule has 5 rings (SSSR count). The number of H-pyrrole nitrogens is 1. The number of nitrogens with one attached hydrogen (secondary N) is 3. The van der Waals surface area contributed by atoms with E-state index in [1.54, 1.807) is 29.2 Å². The van der Waals surface area contributed by atoms with E-state index in [1.165, 1.54) is 11.8 Å². The van der Waals surface area contributed by atoms with E-state index in [-0.39, 0.29) is 11.8 Å². The number of hydrazine groups is 1. The molecule has 2 aliphatic heterocycles. The van der Waals surface area contributed by atoms with Crippen LogP contribution in [-0.2, 0) is 22.7 Å². The zero-order valence-electron chi connectivity index (χ0n) is 20.1. The van der Waals surface area contributed by atoms with Crippen LogP contribution in [0.25, 0.3) is 0 Å². The minimum absolute atomic E-state index is 0.110. The molecule has 2 aromatic carbocycles. The maximum atomic E-state index is 12.7. The van der Waals surface area contributed by atoms with Crippen molar-refractivity contribution in [1.29, 1.82) is 0 Å². The van der Waals surface area contributed by atoms with Gasteiger partial charge >= 0.3 is 6.03 Å². The third kappa shape index (κ3) is 4.48. The number of methoxy groups -OCH3 is 1. The van der Waals surface area contributed by atoms with Gasteiger partial charge in [0.25, 0.3) is 0 Å². The lowest BCUT2D eigenvalue weighted by molar-refractivity contribution is -0.117. The van der Waals surface area contributed by atoms with Crippen LogP contribution in [0.5, 0.6) is 5.75 Å². The van der Waals surface area contributed by atoms with Gasteiger partial charge in [0.2, 0.25) is 11.8 Å². The highest BCUT2D eigenvalue weighted by molar-refractivity contribution is 6.00. The number of carbonyl (C=O) groups is 3. The highest BCUT2D eigenvalue weighted by atomic mass is 16.5. The third-order valence-electron chi connectivity index (χ3n) is 6.26. The summed E-state index contributed by atoms with van der Waals surface area (Å²) in [5.41, 5.74) is 6.48. The monoisotopic (exact) mass is 489 g/mol. The van der Waals surface area contributed by atoms with Gasteiger partial charge in [-0.15, -0.1) is 0 Å². The van der Waals surface area contributed by atoms with Gasteiger partial charge in [-0.25, -0.2) is 9.80 Å². The van der Waals surface area contributed by atoms with E-state index in [9.17, 15) is 14.4 Å². The first-order chi connectivity index (χ1) is 17.4. The number of hydrogen-bond donors (Lipinski definition) is 3. The highest BCUT2D eigenvalue weighted by Crippen LogP contribution is 2.34. The number of benzene rings is 2. The van der Waals surface area contributed by atoms with E-state index in [2.05, 4.69) is 20.9 Å². The van der Waals surface area contributed by atoms with E-state index in [0.29, 0.717) is 49.0 Å². The molecule has 1 saturated heterocycles. The van der Waals surface area contributed by atoms with Gasteiger partial charge < -0.3 is 15.0 Å². The van der Waals surface area contributed by atoms with Gasteiger partial charge in [-0.2, -0.15) is 5.10 Å². The van der Waals surface area contributed by atoms with E-state index >= 15 is 0 Å². The smallest absolute Gasteiger partial charge is 0.333 e. The third-order valence-corrected chi connectivity index (χ3v) is 6.26. The Hall–Kier alpha value is -4.38. The van der Waals surface area contributed by atoms with Crippen LogP contribution in [0, 0.1) is 0 Å². The number of rotatable bonds is 6. The first-order valence-electron chi connectivity index (χ1n) is 11.7. The number of aromatic nitrogens is 2. The summed E-state index contributed by atoms with van der Waals surface area (Å²) in [7, 11) is 1.54. The molecule has 3 aromatic rings. The minimum atomic E-state index is -0.408. The summed E-state index contributed by atoms with van der Waals surface area (Å²) in [5, 5.41) is 11.9. The van der Waals surface area contributed by atoms with Crippen molar-refractivity contribution >= 4 is 40.7 Å². The number of para-hydroxylation sites is 2. The summed E-state index contributed by atoms with van der Waals surface area (Å²) in [6.45, 7) is 2.95. The molecule has 0 aliphatic carbocycles. The number of hydrogen-bond acceptors (Lipinski definition) is 6. The molecule has 1 fully saturated rings. The van der Waals surface area contributed by atoms with Crippen molar-refractivity contribution in [2.75, 3.05) is 28.8 Å². The second-order valence-corrected chi connectivity index (χ2v) is 8.65. The van der Waals surface area contributed by atoms with Crippen molar-refractivity contribution in [2.24, 2.45) is 0 Å². The second kappa shape index (κ2) is 9.70. The number of urea groups is 1. The molecule has 3 heterocycles. The number of nitrogens with zero attached hydrogens (tertiary/aromatic N) is 4. The SMILES string of the molecule is COc1ccccc1NC(=O)NN1Cc2[nH]nc(N(C(C)=O)c3ccc(N4CCCC4=O)cc3)c2C1. The van der Waals surface area contributed by atoms with Crippen LogP contribution in [0.3, 0.4) is 0 Å². The maximum Gasteiger partial charge on any atom is 0.333 e. The fourth-order valence-corrected chi connectivity index (χ4v) is 4.59. The van der Waals surface area contributed by atoms with Crippen molar-refractivity contribution < 1.29 is 19.1 Å². The Morgan fingerprint density at radius 3 is 2.58 bits per heavy atom. The van der Waals surface area contributed by atoms with Gasteiger partial charge in [0.15, 0.2) is 5.82 Å². The van der Waals surface area contributed by atoms with Gasteiger partial charge in [-0.05, 0) is 42.8 Å². The second-order valence-electron chi connectivity index (χ2n) is 8.65. The van der Waals surface area contributed by atoms with E-state index in [0.717, 1.165) is 23.4 Å². The van der Waals surface area contributed by atoms with Crippen LogP contribution in [0.2, 0.25) is 0 Å². The standard InChI is InChI=1S/C25H27N7O4/c1-16(33)32(18-11-9-17(10-12-18)31-13-5-8-23(31)34)24-19-14-30(15-21(19)27-28-24)29-25(35)26-20-6-3-4-7-22(20)36-2/h3-4,6-7,9-12H,5,8,13-15H2,1-2H3,(H,27,28)(H2,26,29,35). The van der Waals surface area contributed by atoms with Gasteiger partial charge in [0, 0.05) is 37.7 Å². The number of amides is 4. The summed E-state index contributed by atoms with van der Waals surface area (Å²) in [6, 6.07) is 14.1. The van der Waals surface area contributed by atoms with Crippen LogP contribution in [0.4, 0.5) is 27.7 Å². The molecule has 11 nitrogen and oxygen atoms in total. The lowest BCUT2D eigenvalue weighted by Gasteiger charge is -2.22. The van der Waals surface area contributed by atoms with Gasteiger partial charge in [-0.3, -0.25) is 25.0 Å². The molecule has 0 radical (unpaired) electrons. The Morgan fingerprint density at radius 1 is 1.11 bits per heavy atom. The summed E-state index contributed by atoms with van der Waals surface area (Å²) in [5.74, 6) is 0.952. The molecule has 0 atom stereocenters. The topological polar surface area (TPSA) is 123 Å². The molecule has 0 spiro atoms. The van der Waals surface area contributed by atoms with Crippen LogP contribution in [0.15, 0.2) is 48.5 Å². The number of ether oxygens (including phenoxy) is 1. The lowest BCUT2D eigenvalue weighted by atomic mass is 10.2. The fourth-order valence-electron chi connectivity index (χ4n) is 4.59. The van der Waals surface area contributed by atoms with Crippen molar-refractivity contribution in [3.63, 3.8) is 0 Å². The highest BCUT2D eigenvalue weighted by Gasteiger charge is 2.31. The molecule has 0 unspecified atom stereocenters. The maximum absolute atomic E-state index is 12.7. The molecule has 0 bridgehead atoms. The van der Waals surface area contributed by atoms with Crippen LogP contribution in [0.1, 0.15) is 31.0 Å². The van der Waals surface area contributed by atoms with Gasteiger partial charge in [0.1, 0.15) is 5.75 Å². The predicted molar refractivity (Wildman–Crippen MR) is 134 cm³/mol. The van der Waals surface area contributed by atoms with Crippen molar-refractivity contribution in [2.45, 2.75) is 32.9 Å². The molecule has 2 aliphatic rings. The summed E-state index contributed by atoms with van der Waals surface area (Å²) < 4.78 is 5.28. The van der Waals surface area contributed by atoms with Crippen molar-refractivity contribution in [1.82, 2.24) is 20.6 Å². The Labute approximate surface area is 208 Å². The molecule has 36 heavy (non-hydrogen) atoms. The van der Waals surface area contributed by atoms with Crippen LogP contribution < -0.4 is 25.3 Å². The number of carbonyl (C=O) groups excluding carboxylic acids is 3. The average molecular weight is 490 g/mol. The first kappa shape index (κ1) is 23.4. The molecular formula is C25H27N7O4. The predicted octanol–water partition coefficient (Wildman–Crippen LogP) is 3.28. The minimum Gasteiger partial charge on any atom is -0.495 e. The quantitative estimate of drug-likeness (QED) is 0.488. The summed E-state index contributed by atoms with van der Waals surface area (Å²) in [6.07, 6.45) is 1.41. The molecule has 186 valence electrons. The van der Waals surface area contributed by atoms with E-state index in [1.807, 2.05) is 36.4 Å². The van der Waals surface area contributed by atoms with E-state index < -0.39 is 6.03 Å². The Balaban J connectivity index is 1.29. The zero-order chi connectivity index (χ0) is 25.2. The van der Waals surface area contributed by atoms with Crippen molar-refractivity contribution in [3.8, 4) is 5.75 Å². The number of fused-ring (bicyclic) bond motifs is 1. The zero-order valence-corrected chi connectivity index (χ0v) is 20.1. The summed E-state index contributed by atoms with van der Waals surface area (Å²) in [4.78, 5) is 40.6. The summed E-state index contributed by atoms with van der Waals surface area (Å²) >= 11 is 0. The van der Waals surface area contributed by atoms with Crippen LogP contribution in [-0.4, -0.2) is 46.7 Å². The molecule has 1 aromatic heterocycles. The lowest BCUT2D eigenvalue weighted by Crippen LogP contribution is -2.41. The average Bonchev–Trinajstić information content (AvgIpc) is 3.57. The molecule has 3 N–H and O–H groups in total. The Kier molecular flexibility index (Phi) is 6.30. The molecule has 4 amide bonds. The fraction of sp³-hybridized carbons (Fsp3) is 0.280. The van der Waals surface area contributed by atoms with Gasteiger partial charge in [0.05, 0.1) is 30.7 Å².